The van der Waals surface area contributed by atoms with Gasteiger partial charge in [0.05, 0.1) is 18.8 Å². The van der Waals surface area contributed by atoms with Crippen molar-refractivity contribution in [2.75, 3.05) is 13.1 Å². The fourth-order valence-electron chi connectivity index (χ4n) is 6.81. The van der Waals surface area contributed by atoms with Gasteiger partial charge in [-0.05, 0) is 48.6 Å². The molecule has 1 aromatic heterocycles. The van der Waals surface area contributed by atoms with E-state index in [2.05, 4.69) is 31.2 Å². The molecule has 2 aromatic rings. The average molecular weight is 761 g/mol. The summed E-state index contributed by atoms with van der Waals surface area (Å²) in [5.41, 5.74) is 2.17. The molecular formula is C39H52N8O8. The van der Waals surface area contributed by atoms with Gasteiger partial charge < -0.3 is 35.8 Å². The highest BCUT2D eigenvalue weighted by Gasteiger charge is 2.46. The van der Waals surface area contributed by atoms with Crippen molar-refractivity contribution in [2.24, 2.45) is 11.8 Å². The molecule has 2 aliphatic heterocycles. The van der Waals surface area contributed by atoms with Gasteiger partial charge in [-0.2, -0.15) is 0 Å². The van der Waals surface area contributed by atoms with Crippen LogP contribution in [-0.2, 0) is 41.7 Å². The van der Waals surface area contributed by atoms with Crippen LogP contribution in [0.1, 0.15) is 88.3 Å². The van der Waals surface area contributed by atoms with Gasteiger partial charge in [0.25, 0.3) is 11.8 Å². The number of ketones is 1. The maximum atomic E-state index is 14.5. The minimum absolute atomic E-state index is 0.0163. The van der Waals surface area contributed by atoms with Crippen LogP contribution >= 0.6 is 0 Å². The fourth-order valence-corrected chi connectivity index (χ4v) is 6.81. The van der Waals surface area contributed by atoms with E-state index in [4.69, 9.17) is 4.74 Å². The monoisotopic (exact) mass is 760 g/mol. The predicted molar refractivity (Wildman–Crippen MR) is 199 cm³/mol. The van der Waals surface area contributed by atoms with Crippen molar-refractivity contribution in [3.05, 3.63) is 59.7 Å². The molecule has 1 aliphatic carbocycles. The lowest BCUT2D eigenvalue weighted by atomic mass is 9.98. The summed E-state index contributed by atoms with van der Waals surface area (Å²) >= 11 is 0. The van der Waals surface area contributed by atoms with E-state index in [1.165, 1.54) is 23.5 Å². The molecule has 16 nitrogen and oxygen atoms in total. The second kappa shape index (κ2) is 18.3. The number of fused-ring (bicyclic) bond motifs is 1. The Labute approximate surface area is 320 Å². The molecule has 3 aliphatic rings. The molecule has 55 heavy (non-hydrogen) atoms. The Hall–Kier alpha value is -5.41. The Kier molecular flexibility index (Phi) is 13.5. The van der Waals surface area contributed by atoms with Crippen molar-refractivity contribution in [1.82, 2.24) is 41.0 Å². The number of hydrogen-bond donors (Lipinski definition) is 4. The van der Waals surface area contributed by atoms with Gasteiger partial charge in [0.15, 0.2) is 0 Å². The van der Waals surface area contributed by atoms with Crippen LogP contribution < -0.4 is 21.3 Å². The van der Waals surface area contributed by atoms with Crippen LogP contribution in [-0.4, -0.2) is 111 Å². The first-order valence-corrected chi connectivity index (χ1v) is 19.1. The number of hydrogen-bond acceptors (Lipinski definition) is 10. The summed E-state index contributed by atoms with van der Waals surface area (Å²) in [6, 6.07) is 3.25. The number of amides is 6. The summed E-state index contributed by atoms with van der Waals surface area (Å²) in [6.45, 7) is 9.40. The first kappa shape index (κ1) is 40.8. The maximum Gasteiger partial charge on any atom is 0.410 e. The van der Waals surface area contributed by atoms with Crippen LogP contribution in [0.4, 0.5) is 4.79 Å². The average Bonchev–Trinajstić information content (AvgIpc) is 3.89. The number of aromatic nitrogens is 2. The van der Waals surface area contributed by atoms with E-state index in [0.29, 0.717) is 25.9 Å². The molecule has 1 saturated heterocycles. The molecule has 16 heteroatoms. The van der Waals surface area contributed by atoms with Crippen LogP contribution in [0, 0.1) is 11.8 Å². The number of Topliss-reactive ketones (excluding diaryl/α,β-unsaturated/α-hetero) is 1. The van der Waals surface area contributed by atoms with Crippen LogP contribution in [0.15, 0.2) is 42.9 Å². The van der Waals surface area contributed by atoms with Crippen LogP contribution in [0.2, 0.25) is 0 Å². The van der Waals surface area contributed by atoms with Crippen molar-refractivity contribution < 1.29 is 38.3 Å². The van der Waals surface area contributed by atoms with Gasteiger partial charge in [0, 0.05) is 37.9 Å². The first-order valence-electron chi connectivity index (χ1n) is 19.1. The normalized spacial score (nSPS) is 19.5. The van der Waals surface area contributed by atoms with Crippen molar-refractivity contribution in [1.29, 1.82) is 0 Å². The van der Waals surface area contributed by atoms with Gasteiger partial charge in [0.1, 0.15) is 29.9 Å². The molecule has 0 radical (unpaired) electrons. The molecule has 0 spiro atoms. The molecule has 5 atom stereocenters. The van der Waals surface area contributed by atoms with Crippen LogP contribution in [0.25, 0.3) is 0 Å². The summed E-state index contributed by atoms with van der Waals surface area (Å²) in [6.07, 6.45) is 5.40. The topological polar surface area (TPSA) is 209 Å². The molecule has 1 aromatic carbocycles. The van der Waals surface area contributed by atoms with E-state index in [-0.39, 0.29) is 37.0 Å². The third kappa shape index (κ3) is 10.4. The van der Waals surface area contributed by atoms with Gasteiger partial charge in [-0.15, -0.1) is 0 Å². The number of ether oxygens (including phenoxy) is 1. The lowest BCUT2D eigenvalue weighted by Crippen LogP contribution is -2.59. The first-order chi connectivity index (χ1) is 26.3. The van der Waals surface area contributed by atoms with Crippen LogP contribution in [0.3, 0.4) is 0 Å². The van der Waals surface area contributed by atoms with Crippen molar-refractivity contribution in [2.45, 2.75) is 116 Å². The van der Waals surface area contributed by atoms with E-state index in [0.717, 1.165) is 24.0 Å². The molecule has 3 heterocycles. The summed E-state index contributed by atoms with van der Waals surface area (Å²) < 4.78 is 5.93. The number of nitrogens with zero attached hydrogens (tertiary/aromatic N) is 4. The lowest BCUT2D eigenvalue weighted by molar-refractivity contribution is -0.144. The second-order valence-electron chi connectivity index (χ2n) is 15.2. The third-order valence-corrected chi connectivity index (χ3v) is 10.1. The number of likely N-dealkylation sites (tertiary alicyclic amines) is 1. The quantitative estimate of drug-likeness (QED) is 0.193. The van der Waals surface area contributed by atoms with Gasteiger partial charge in [-0.3, -0.25) is 33.8 Å². The van der Waals surface area contributed by atoms with E-state index in [9.17, 15) is 33.6 Å². The molecule has 1 saturated carbocycles. The largest absolute Gasteiger partial charge is 0.444 e. The smallest absolute Gasteiger partial charge is 0.410 e. The van der Waals surface area contributed by atoms with Crippen molar-refractivity contribution in [3.8, 4) is 0 Å². The third-order valence-electron chi connectivity index (χ3n) is 10.1. The zero-order valence-electron chi connectivity index (χ0n) is 32.1. The Morgan fingerprint density at radius 1 is 0.909 bits per heavy atom. The molecule has 5 rings (SSSR count). The van der Waals surface area contributed by atoms with Gasteiger partial charge >= 0.3 is 6.09 Å². The molecule has 0 unspecified atom stereocenters. The Morgan fingerprint density at radius 2 is 1.62 bits per heavy atom. The molecule has 296 valence electrons. The second-order valence-corrected chi connectivity index (χ2v) is 15.2. The Balaban J connectivity index is 1.34. The minimum atomic E-state index is -1.19. The standard InChI is InChI=1S/C39H52N8O8/c1-6-9-28(33(48)37(52)42-26-12-13-26)43-35(50)30-18-27(55-39(54)46-17-14-24-10-7-8-11-25(24)20-46)21-47(30)38(53)32(23(4)5)45-36(51)31(22(2)3)44-34(49)29-19-40-15-16-41-29/h7-8,10-11,15-16,19,22-23,26-28,30-32H,6,9,12-14,17-18,20-21H2,1-5H3,(H,42,52)(H,43,50)(H,44,49)(H,45,51)/t27-,28+,30+,31+,32+/m1/s1. The van der Waals surface area contributed by atoms with E-state index in [1.54, 1.807) is 32.6 Å². The summed E-state index contributed by atoms with van der Waals surface area (Å²) in [7, 11) is 0. The number of carbonyl (C=O) groups excluding carboxylic acids is 7. The summed E-state index contributed by atoms with van der Waals surface area (Å²) in [5.74, 6) is -4.94. The van der Waals surface area contributed by atoms with E-state index >= 15 is 0 Å². The lowest BCUT2D eigenvalue weighted by Gasteiger charge is -2.32. The van der Waals surface area contributed by atoms with Crippen molar-refractivity contribution >= 4 is 41.4 Å². The predicted octanol–water partition coefficient (Wildman–Crippen LogP) is 1.67. The molecule has 4 N–H and O–H groups in total. The van der Waals surface area contributed by atoms with Gasteiger partial charge in [0.2, 0.25) is 23.5 Å². The van der Waals surface area contributed by atoms with Crippen molar-refractivity contribution in [3.63, 3.8) is 0 Å². The number of rotatable bonds is 15. The van der Waals surface area contributed by atoms with Crippen LogP contribution in [0.5, 0.6) is 0 Å². The Bertz CT molecular complexity index is 1750. The number of benzene rings is 1. The fraction of sp³-hybridized carbons (Fsp3) is 0.564. The number of nitrogens with one attached hydrogen (secondary N) is 4. The number of carbonyl (C=O) groups is 7. The van der Waals surface area contributed by atoms with E-state index < -0.39 is 77.6 Å². The highest BCUT2D eigenvalue weighted by Crippen LogP contribution is 2.26. The highest BCUT2D eigenvalue weighted by atomic mass is 16.6. The Morgan fingerprint density at radius 3 is 2.25 bits per heavy atom. The molecule has 0 bridgehead atoms. The summed E-state index contributed by atoms with van der Waals surface area (Å²) in [5, 5.41) is 10.8. The van der Waals surface area contributed by atoms with Gasteiger partial charge in [-0.25, -0.2) is 9.78 Å². The molecule has 2 fully saturated rings. The zero-order valence-corrected chi connectivity index (χ0v) is 32.1. The highest BCUT2D eigenvalue weighted by molar-refractivity contribution is 6.38. The minimum Gasteiger partial charge on any atom is -0.444 e. The molecular weight excluding hydrogens is 708 g/mol. The molecule has 6 amide bonds. The SMILES string of the molecule is CCC[C@H](NC(=O)[C@@H]1C[C@@H](OC(=O)N2CCc3ccccc3C2)CN1C(=O)[C@@H](NC(=O)[C@@H](NC(=O)c1cnccn1)C(C)C)C(C)C)C(=O)C(=O)NC1CC1. The van der Waals surface area contributed by atoms with E-state index in [1.807, 2.05) is 31.2 Å². The zero-order chi connectivity index (χ0) is 39.8. The maximum absolute atomic E-state index is 14.5. The van der Waals surface area contributed by atoms with Gasteiger partial charge in [-0.1, -0.05) is 65.3 Å². The summed E-state index contributed by atoms with van der Waals surface area (Å²) in [4.78, 5) is 105.